The highest BCUT2D eigenvalue weighted by atomic mass is 79.9. The van der Waals surface area contributed by atoms with E-state index in [1.165, 1.54) is 6.92 Å². The van der Waals surface area contributed by atoms with E-state index in [2.05, 4.69) is 59.3 Å². The number of aryl methyl sites for hydroxylation is 2. The zero-order chi connectivity index (χ0) is 29.8. The molecule has 4 aromatic heterocycles. The average molecular weight is 629 g/mol. The van der Waals surface area contributed by atoms with Crippen molar-refractivity contribution in [3.05, 3.63) is 58.5 Å². The van der Waals surface area contributed by atoms with E-state index >= 15 is 0 Å². The summed E-state index contributed by atoms with van der Waals surface area (Å²) in [7, 11) is 0. The number of Topliss-reactive ketones (excluding diaryl/α,β-unsaturated/α-hetero) is 1. The third-order valence-electron chi connectivity index (χ3n) is 8.77. The zero-order valence-corrected chi connectivity index (χ0v) is 25.4. The number of likely N-dealkylation sites (tertiary alicyclic amines) is 1. The summed E-state index contributed by atoms with van der Waals surface area (Å²) in [5, 5.41) is 18.2. The van der Waals surface area contributed by atoms with E-state index in [0.717, 1.165) is 28.0 Å². The van der Waals surface area contributed by atoms with E-state index < -0.39 is 0 Å². The molecule has 1 saturated heterocycles. The fourth-order valence-corrected chi connectivity index (χ4v) is 6.83. The van der Waals surface area contributed by atoms with Crippen LogP contribution in [0.5, 0.6) is 0 Å². The van der Waals surface area contributed by atoms with E-state index in [-0.39, 0.29) is 47.3 Å². The Kier molecular flexibility index (Phi) is 7.01. The molecule has 5 heterocycles. The number of piperidine rings is 1. The highest BCUT2D eigenvalue weighted by Gasteiger charge is 2.71. The average Bonchev–Trinajstić information content (AvgIpc) is 3.24. The van der Waals surface area contributed by atoms with Crippen LogP contribution in [0.4, 0.5) is 5.82 Å². The lowest BCUT2D eigenvalue weighted by atomic mass is 9.93. The van der Waals surface area contributed by atoms with Crippen LogP contribution >= 0.6 is 15.9 Å². The Morgan fingerprint density at radius 2 is 1.95 bits per heavy atom. The van der Waals surface area contributed by atoms with Crippen molar-refractivity contribution >= 4 is 44.3 Å². The Hall–Kier alpha value is -4.24. The molecule has 42 heavy (non-hydrogen) atoms. The predicted octanol–water partition coefficient (Wildman–Crippen LogP) is 4.50. The van der Waals surface area contributed by atoms with Gasteiger partial charge in [0.2, 0.25) is 5.91 Å². The molecular formula is C30H30BrN9O2. The number of anilines is 1. The molecule has 1 aliphatic carbocycles. The maximum absolute atomic E-state index is 14.0. The van der Waals surface area contributed by atoms with Gasteiger partial charge in [0.1, 0.15) is 28.5 Å². The molecule has 11 nitrogen and oxygen atoms in total. The number of pyridine rings is 2. The minimum Gasteiger partial charge on any atom is -0.368 e. The number of nitrogens with zero attached hydrogens (tertiary/aromatic N) is 8. The van der Waals surface area contributed by atoms with Gasteiger partial charge in [-0.2, -0.15) is 10.4 Å². The number of ketones is 1. The van der Waals surface area contributed by atoms with Crippen molar-refractivity contribution in [3.63, 3.8) is 0 Å². The first-order valence-corrected chi connectivity index (χ1v) is 14.6. The standard InChI is InChI=1S/C30H30BrN9O2/c1-16-5-6-25(31)37-29(16)36-13-21-10-30(7-8-32)17(2)28(30)40(21)26(42)15-39-24-14-35-23(20-11-33-19(4)34-12-20)9-22(24)27(38-39)18(3)41/h5-6,9,11-12,14,17,21,28H,7,10,13,15H2,1-4H3,(H,36,37)/t17-,21-,28+,30-/m1/s1. The number of carbonyl (C=O) groups is 2. The lowest BCUT2D eigenvalue weighted by Gasteiger charge is -2.29. The van der Waals surface area contributed by atoms with Crippen LogP contribution in [-0.4, -0.2) is 64.9 Å². The Morgan fingerprint density at radius 3 is 2.67 bits per heavy atom. The lowest BCUT2D eigenvalue weighted by molar-refractivity contribution is -0.134. The molecule has 1 saturated carbocycles. The minimum absolute atomic E-state index is 0.0200. The van der Waals surface area contributed by atoms with Crippen molar-refractivity contribution in [2.24, 2.45) is 11.3 Å². The molecule has 12 heteroatoms. The molecule has 0 unspecified atom stereocenters. The summed E-state index contributed by atoms with van der Waals surface area (Å²) in [6.45, 7) is 7.83. The van der Waals surface area contributed by atoms with Crippen LogP contribution in [0.3, 0.4) is 0 Å². The number of nitriles is 1. The summed E-state index contributed by atoms with van der Waals surface area (Å²) in [6, 6.07) is 7.88. The van der Waals surface area contributed by atoms with Gasteiger partial charge in [0, 0.05) is 54.7 Å². The molecule has 1 aliphatic heterocycles. The zero-order valence-electron chi connectivity index (χ0n) is 23.8. The molecule has 1 N–H and O–H groups in total. The minimum atomic E-state index is -0.209. The Balaban J connectivity index is 1.30. The molecule has 4 aromatic rings. The van der Waals surface area contributed by atoms with Crippen molar-refractivity contribution in [1.29, 1.82) is 5.26 Å². The molecule has 6 rings (SSSR count). The quantitative estimate of drug-likeness (QED) is 0.221. The number of amides is 1. The van der Waals surface area contributed by atoms with Crippen molar-refractivity contribution in [3.8, 4) is 17.3 Å². The number of carbonyl (C=O) groups excluding carboxylic acids is 2. The van der Waals surface area contributed by atoms with Gasteiger partial charge in [-0.25, -0.2) is 15.0 Å². The van der Waals surface area contributed by atoms with Crippen LogP contribution in [0, 0.1) is 36.5 Å². The van der Waals surface area contributed by atoms with Gasteiger partial charge in [-0.15, -0.1) is 0 Å². The van der Waals surface area contributed by atoms with Crippen LogP contribution in [0.25, 0.3) is 22.2 Å². The molecule has 4 atom stereocenters. The third kappa shape index (κ3) is 4.71. The second kappa shape index (κ2) is 10.5. The van der Waals surface area contributed by atoms with E-state index in [9.17, 15) is 14.9 Å². The first-order chi connectivity index (χ1) is 20.1. The Labute approximate surface area is 251 Å². The van der Waals surface area contributed by atoms with Crippen LogP contribution in [0.1, 0.15) is 48.6 Å². The van der Waals surface area contributed by atoms with E-state index in [1.54, 1.807) is 29.3 Å². The summed E-state index contributed by atoms with van der Waals surface area (Å²) in [5.41, 5.74) is 3.01. The van der Waals surface area contributed by atoms with Gasteiger partial charge in [0.05, 0.1) is 29.5 Å². The number of rotatable bonds is 8. The van der Waals surface area contributed by atoms with Gasteiger partial charge in [-0.3, -0.25) is 19.3 Å². The van der Waals surface area contributed by atoms with Crippen molar-refractivity contribution in [1.82, 2.24) is 34.6 Å². The van der Waals surface area contributed by atoms with Gasteiger partial charge in [-0.05, 0) is 59.8 Å². The van der Waals surface area contributed by atoms with Gasteiger partial charge >= 0.3 is 0 Å². The normalized spacial score (nSPS) is 22.6. The predicted molar refractivity (Wildman–Crippen MR) is 159 cm³/mol. The van der Waals surface area contributed by atoms with E-state index in [1.807, 2.05) is 30.9 Å². The second-order valence-electron chi connectivity index (χ2n) is 11.3. The fraction of sp³-hybridized carbons (Fsp3) is 0.400. The molecule has 1 amide bonds. The maximum Gasteiger partial charge on any atom is 0.244 e. The van der Waals surface area contributed by atoms with E-state index in [4.69, 9.17) is 0 Å². The maximum atomic E-state index is 14.0. The highest BCUT2D eigenvalue weighted by molar-refractivity contribution is 9.10. The van der Waals surface area contributed by atoms with Crippen LogP contribution in [-0.2, 0) is 11.3 Å². The fourth-order valence-electron chi connectivity index (χ4n) is 6.52. The SMILES string of the molecule is CC(=O)c1nn(CC(=O)N2[C@@H](CNc3nc(Br)ccc3C)C[C@]3(CC#N)[C@H](C)[C@H]23)c2cnc(-c3cnc(C)nc3)cc12. The number of fused-ring (bicyclic) bond motifs is 2. The summed E-state index contributed by atoms with van der Waals surface area (Å²) >= 11 is 3.43. The number of nitrogens with one attached hydrogen (secondary N) is 1. The molecule has 0 spiro atoms. The number of hydrogen-bond acceptors (Lipinski definition) is 9. The van der Waals surface area contributed by atoms with Crippen LogP contribution < -0.4 is 5.32 Å². The Bertz CT molecular complexity index is 1760. The van der Waals surface area contributed by atoms with Crippen molar-refractivity contribution in [2.45, 2.75) is 59.2 Å². The largest absolute Gasteiger partial charge is 0.368 e. The second-order valence-corrected chi connectivity index (χ2v) is 12.1. The first kappa shape index (κ1) is 27.9. The van der Waals surface area contributed by atoms with Gasteiger partial charge in [-0.1, -0.05) is 13.0 Å². The first-order valence-electron chi connectivity index (χ1n) is 13.8. The third-order valence-corrected chi connectivity index (χ3v) is 9.21. The molecule has 0 bridgehead atoms. The highest BCUT2D eigenvalue weighted by Crippen LogP contribution is 2.66. The summed E-state index contributed by atoms with van der Waals surface area (Å²) in [5.74, 6) is 1.33. The number of aromatic nitrogens is 6. The van der Waals surface area contributed by atoms with Gasteiger partial charge < -0.3 is 10.2 Å². The summed E-state index contributed by atoms with van der Waals surface area (Å²) in [4.78, 5) is 46.2. The molecule has 0 aromatic carbocycles. The van der Waals surface area contributed by atoms with Crippen molar-refractivity contribution in [2.75, 3.05) is 11.9 Å². The molecule has 0 radical (unpaired) electrons. The van der Waals surface area contributed by atoms with Gasteiger partial charge in [0.15, 0.2) is 5.78 Å². The summed E-state index contributed by atoms with van der Waals surface area (Å²) in [6.07, 6.45) is 6.16. The summed E-state index contributed by atoms with van der Waals surface area (Å²) < 4.78 is 2.30. The Morgan fingerprint density at radius 1 is 1.19 bits per heavy atom. The van der Waals surface area contributed by atoms with E-state index in [0.29, 0.717) is 35.4 Å². The molecular weight excluding hydrogens is 598 g/mol. The smallest absolute Gasteiger partial charge is 0.244 e. The molecule has 2 fully saturated rings. The molecule has 214 valence electrons. The molecule has 2 aliphatic rings. The number of hydrogen-bond donors (Lipinski definition) is 1. The lowest BCUT2D eigenvalue weighted by Crippen LogP contribution is -2.44. The monoisotopic (exact) mass is 627 g/mol. The topological polar surface area (TPSA) is 143 Å². The van der Waals surface area contributed by atoms with Gasteiger partial charge in [0.25, 0.3) is 0 Å². The van der Waals surface area contributed by atoms with Crippen LogP contribution in [0.2, 0.25) is 0 Å². The number of halogens is 1. The van der Waals surface area contributed by atoms with Crippen LogP contribution in [0.15, 0.2) is 41.4 Å². The van der Waals surface area contributed by atoms with Crippen molar-refractivity contribution < 1.29 is 9.59 Å².